The Bertz CT molecular complexity index is 888. The van der Waals surface area contributed by atoms with Crippen molar-refractivity contribution in [3.05, 3.63) is 69.1 Å². The van der Waals surface area contributed by atoms with Gasteiger partial charge in [-0.2, -0.15) is 0 Å². The molecular weight excluding hydrogens is 350 g/mol. The van der Waals surface area contributed by atoms with Crippen molar-refractivity contribution in [1.29, 1.82) is 0 Å². The van der Waals surface area contributed by atoms with Crippen LogP contribution in [0.25, 0.3) is 0 Å². The molecule has 1 aromatic heterocycles. The lowest BCUT2D eigenvalue weighted by Crippen LogP contribution is -2.28. The van der Waals surface area contributed by atoms with E-state index in [1.807, 2.05) is 12.1 Å². The second-order valence-corrected chi connectivity index (χ2v) is 7.53. The summed E-state index contributed by atoms with van der Waals surface area (Å²) < 4.78 is 25.8. The molecule has 1 aliphatic carbocycles. The van der Waals surface area contributed by atoms with E-state index in [1.165, 1.54) is 12.1 Å². The van der Waals surface area contributed by atoms with Gasteiger partial charge < -0.3 is 10.3 Å². The number of alkyl halides is 2. The fraction of sp³-hybridized carbons (Fsp3) is 0.429. The van der Waals surface area contributed by atoms with Gasteiger partial charge in [0.25, 0.3) is 12.0 Å². The molecule has 4 nitrogen and oxygen atoms in total. The van der Waals surface area contributed by atoms with Gasteiger partial charge in [-0.05, 0) is 43.2 Å². The quantitative estimate of drug-likeness (QED) is 0.805. The minimum absolute atomic E-state index is 0.0175. The zero-order chi connectivity index (χ0) is 19.0. The third-order valence-electron chi connectivity index (χ3n) is 5.55. The Morgan fingerprint density at radius 1 is 0.963 bits per heavy atom. The van der Waals surface area contributed by atoms with Crippen molar-refractivity contribution in [2.24, 2.45) is 0 Å². The van der Waals surface area contributed by atoms with Gasteiger partial charge in [0.1, 0.15) is 0 Å². The number of carbonyl (C=O) groups is 1. The minimum Gasteiger partial charge on any atom is -0.353 e. The average molecular weight is 372 g/mol. The summed E-state index contributed by atoms with van der Waals surface area (Å²) >= 11 is 0. The smallest absolute Gasteiger partial charge is 0.263 e. The number of rotatable bonds is 6. The second-order valence-electron chi connectivity index (χ2n) is 7.53. The molecule has 27 heavy (non-hydrogen) atoms. The van der Waals surface area contributed by atoms with E-state index in [2.05, 4.69) is 10.3 Å². The SMILES string of the molecule is O=C1CC[C@H](CC(c2ccc(C(F)F)cc2)c2ccc(C3CC3)c(=O)[nH]2)N1. The van der Waals surface area contributed by atoms with Crippen molar-refractivity contribution < 1.29 is 13.6 Å². The van der Waals surface area contributed by atoms with Crippen molar-refractivity contribution in [3.63, 3.8) is 0 Å². The number of H-pyrrole nitrogens is 1. The summed E-state index contributed by atoms with van der Waals surface area (Å²) in [5, 5.41) is 2.96. The summed E-state index contributed by atoms with van der Waals surface area (Å²) in [6.07, 6.45) is 1.46. The summed E-state index contributed by atoms with van der Waals surface area (Å²) in [6, 6.07) is 10.1. The Hall–Kier alpha value is -2.50. The number of aromatic nitrogens is 1. The molecule has 1 aliphatic heterocycles. The lowest BCUT2D eigenvalue weighted by atomic mass is 9.87. The zero-order valence-corrected chi connectivity index (χ0v) is 14.9. The van der Waals surface area contributed by atoms with Gasteiger partial charge in [0.2, 0.25) is 5.91 Å². The van der Waals surface area contributed by atoms with Gasteiger partial charge in [-0.3, -0.25) is 9.59 Å². The number of aromatic amines is 1. The second kappa shape index (κ2) is 7.25. The number of nitrogens with one attached hydrogen (secondary N) is 2. The summed E-state index contributed by atoms with van der Waals surface area (Å²) in [5.74, 6) is 0.228. The Labute approximate surface area is 156 Å². The highest BCUT2D eigenvalue weighted by Crippen LogP contribution is 2.39. The fourth-order valence-electron chi connectivity index (χ4n) is 3.87. The van der Waals surface area contributed by atoms with Crippen LogP contribution in [-0.2, 0) is 4.79 Å². The Kier molecular flexibility index (Phi) is 4.81. The summed E-state index contributed by atoms with van der Waals surface area (Å²) in [7, 11) is 0. The fourth-order valence-corrected chi connectivity index (χ4v) is 3.87. The van der Waals surface area contributed by atoms with Crippen LogP contribution in [0.15, 0.2) is 41.2 Å². The molecule has 2 heterocycles. The number of pyridine rings is 1. The van der Waals surface area contributed by atoms with Crippen molar-refractivity contribution in [1.82, 2.24) is 10.3 Å². The molecule has 1 aromatic carbocycles. The number of benzene rings is 1. The molecule has 1 unspecified atom stereocenters. The largest absolute Gasteiger partial charge is 0.353 e. The molecule has 142 valence electrons. The van der Waals surface area contributed by atoms with Crippen LogP contribution in [0.4, 0.5) is 8.78 Å². The minimum atomic E-state index is -2.51. The Balaban J connectivity index is 1.65. The van der Waals surface area contributed by atoms with Crippen molar-refractivity contribution in [2.45, 2.75) is 56.4 Å². The molecule has 2 N–H and O–H groups in total. The number of amides is 1. The third kappa shape index (κ3) is 3.94. The molecule has 4 rings (SSSR count). The standard InChI is InChI=1S/C21H22F2N2O2/c22-20(23)14-5-3-13(4-6-14)17(11-15-7-10-19(26)24-15)18-9-8-16(12-1-2-12)21(27)25-18/h3-6,8-9,12,15,17,20H,1-2,7,10-11H2,(H,24,26)(H,25,27)/t15-,17?/m1/s1. The van der Waals surface area contributed by atoms with Crippen LogP contribution in [-0.4, -0.2) is 16.9 Å². The Morgan fingerprint density at radius 3 is 2.22 bits per heavy atom. The summed E-state index contributed by atoms with van der Waals surface area (Å²) in [4.78, 5) is 27.0. The van der Waals surface area contributed by atoms with E-state index in [-0.39, 0.29) is 29.0 Å². The molecule has 2 aromatic rings. The lowest BCUT2D eigenvalue weighted by Gasteiger charge is -2.22. The van der Waals surface area contributed by atoms with Gasteiger partial charge >= 0.3 is 0 Å². The maximum absolute atomic E-state index is 12.9. The molecule has 0 radical (unpaired) electrons. The average Bonchev–Trinajstić information content (AvgIpc) is 3.41. The predicted molar refractivity (Wildman–Crippen MR) is 98.1 cm³/mol. The molecule has 2 fully saturated rings. The van der Waals surface area contributed by atoms with Gasteiger partial charge in [0.05, 0.1) is 0 Å². The van der Waals surface area contributed by atoms with Crippen molar-refractivity contribution in [2.75, 3.05) is 0 Å². The van der Waals surface area contributed by atoms with E-state index in [1.54, 1.807) is 12.1 Å². The normalized spacial score (nSPS) is 20.7. The van der Waals surface area contributed by atoms with Crippen LogP contribution in [0.2, 0.25) is 0 Å². The molecule has 1 amide bonds. The topological polar surface area (TPSA) is 62.0 Å². The first-order valence-electron chi connectivity index (χ1n) is 9.41. The molecular formula is C21H22F2N2O2. The van der Waals surface area contributed by atoms with Crippen LogP contribution >= 0.6 is 0 Å². The van der Waals surface area contributed by atoms with E-state index in [0.29, 0.717) is 18.8 Å². The van der Waals surface area contributed by atoms with E-state index < -0.39 is 6.43 Å². The monoisotopic (exact) mass is 372 g/mol. The maximum Gasteiger partial charge on any atom is 0.263 e. The van der Waals surface area contributed by atoms with E-state index >= 15 is 0 Å². The predicted octanol–water partition coefficient (Wildman–Crippen LogP) is 3.99. The molecule has 1 saturated heterocycles. The van der Waals surface area contributed by atoms with Crippen LogP contribution in [0.1, 0.15) is 72.7 Å². The molecule has 0 spiro atoms. The van der Waals surface area contributed by atoms with Gasteiger partial charge in [0, 0.05) is 35.2 Å². The zero-order valence-electron chi connectivity index (χ0n) is 14.9. The molecule has 2 aliphatic rings. The molecule has 6 heteroatoms. The number of halogens is 2. The van der Waals surface area contributed by atoms with Crippen molar-refractivity contribution in [3.8, 4) is 0 Å². The van der Waals surface area contributed by atoms with Gasteiger partial charge in [0.15, 0.2) is 0 Å². The first-order chi connectivity index (χ1) is 13.0. The van der Waals surface area contributed by atoms with E-state index in [9.17, 15) is 18.4 Å². The lowest BCUT2D eigenvalue weighted by molar-refractivity contribution is -0.119. The van der Waals surface area contributed by atoms with E-state index in [0.717, 1.165) is 36.1 Å². The van der Waals surface area contributed by atoms with Gasteiger partial charge in [-0.25, -0.2) is 8.78 Å². The highest BCUT2D eigenvalue weighted by molar-refractivity contribution is 5.78. The summed E-state index contributed by atoms with van der Waals surface area (Å²) in [5.41, 5.74) is 2.34. The maximum atomic E-state index is 12.9. The number of hydrogen-bond donors (Lipinski definition) is 2. The van der Waals surface area contributed by atoms with E-state index in [4.69, 9.17) is 0 Å². The number of carbonyl (C=O) groups excluding carboxylic acids is 1. The molecule has 0 bridgehead atoms. The highest BCUT2D eigenvalue weighted by Gasteiger charge is 2.29. The van der Waals surface area contributed by atoms with Crippen LogP contribution in [0.3, 0.4) is 0 Å². The third-order valence-corrected chi connectivity index (χ3v) is 5.55. The van der Waals surface area contributed by atoms with Crippen LogP contribution in [0, 0.1) is 0 Å². The molecule has 1 saturated carbocycles. The summed E-state index contributed by atoms with van der Waals surface area (Å²) in [6.45, 7) is 0. The van der Waals surface area contributed by atoms with Gasteiger partial charge in [-0.1, -0.05) is 30.3 Å². The molecule has 2 atom stereocenters. The van der Waals surface area contributed by atoms with Crippen LogP contribution in [0.5, 0.6) is 0 Å². The number of hydrogen-bond acceptors (Lipinski definition) is 2. The van der Waals surface area contributed by atoms with Gasteiger partial charge in [-0.15, -0.1) is 0 Å². The first-order valence-corrected chi connectivity index (χ1v) is 9.41. The van der Waals surface area contributed by atoms with Crippen molar-refractivity contribution >= 4 is 5.91 Å². The Morgan fingerprint density at radius 2 is 1.67 bits per heavy atom. The first kappa shape index (κ1) is 17.9. The van der Waals surface area contributed by atoms with Crippen LogP contribution < -0.4 is 10.9 Å². The highest BCUT2D eigenvalue weighted by atomic mass is 19.3.